The van der Waals surface area contributed by atoms with Crippen molar-refractivity contribution in [2.75, 3.05) is 24.2 Å². The fourth-order valence-corrected chi connectivity index (χ4v) is 3.07. The van der Waals surface area contributed by atoms with E-state index in [0.29, 0.717) is 11.5 Å². The monoisotopic (exact) mass is 393 g/mol. The van der Waals surface area contributed by atoms with E-state index in [1.807, 2.05) is 0 Å². The van der Waals surface area contributed by atoms with Crippen LogP contribution in [-0.2, 0) is 14.8 Å². The van der Waals surface area contributed by atoms with Gasteiger partial charge in [0.2, 0.25) is 10.0 Å². The third-order valence-corrected chi connectivity index (χ3v) is 4.80. The molecule has 7 nitrogen and oxygen atoms in total. The summed E-state index contributed by atoms with van der Waals surface area (Å²) in [5.41, 5.74) is 3.83. The molecule has 1 amide bonds. The molecule has 0 heterocycles. The van der Waals surface area contributed by atoms with E-state index in [1.165, 1.54) is 12.1 Å². The topological polar surface area (TPSA) is 88.1 Å². The molecule has 0 saturated heterocycles. The molecule has 9 heteroatoms. The molecule has 144 valence electrons. The lowest BCUT2D eigenvalue weighted by atomic mass is 10.1. The number of ether oxygens (including phenoxy) is 1. The molecule has 0 fully saturated rings. The molecule has 0 aliphatic rings. The highest BCUT2D eigenvalue weighted by Gasteiger charge is 2.20. The summed E-state index contributed by atoms with van der Waals surface area (Å²) in [7, 11) is -2.18. The van der Waals surface area contributed by atoms with Gasteiger partial charge in [0, 0.05) is 0 Å². The number of hydrogen-bond donors (Lipinski definition) is 1. The van der Waals surface area contributed by atoms with Gasteiger partial charge in [0.15, 0.2) is 0 Å². The summed E-state index contributed by atoms with van der Waals surface area (Å²) in [5.74, 6) is -0.437. The van der Waals surface area contributed by atoms with Crippen LogP contribution in [0, 0.1) is 5.82 Å². The van der Waals surface area contributed by atoms with E-state index in [0.717, 1.165) is 28.3 Å². The van der Waals surface area contributed by atoms with Crippen molar-refractivity contribution in [1.82, 2.24) is 5.43 Å². The number of benzene rings is 2. The Morgan fingerprint density at radius 1 is 1.15 bits per heavy atom. The number of carbonyl (C=O) groups excluding carboxylic acids is 1. The van der Waals surface area contributed by atoms with E-state index >= 15 is 0 Å². The number of amides is 1. The van der Waals surface area contributed by atoms with E-state index < -0.39 is 28.3 Å². The first-order valence-electron chi connectivity index (χ1n) is 7.91. The lowest BCUT2D eigenvalue weighted by Gasteiger charge is -2.21. The Hall–Kier alpha value is -2.94. The van der Waals surface area contributed by atoms with Crippen LogP contribution >= 0.6 is 0 Å². The molecule has 0 atom stereocenters. The molecule has 0 saturated carbocycles. The molecule has 2 rings (SSSR count). The molecule has 0 spiro atoms. The zero-order valence-electron chi connectivity index (χ0n) is 15.1. The summed E-state index contributed by atoms with van der Waals surface area (Å²) in [6.45, 7) is 1.22. The molecule has 27 heavy (non-hydrogen) atoms. The summed E-state index contributed by atoms with van der Waals surface area (Å²) < 4.78 is 43.0. The molecular formula is C18H20FN3O4S. The van der Waals surface area contributed by atoms with Crippen LogP contribution in [0.15, 0.2) is 53.6 Å². The summed E-state index contributed by atoms with van der Waals surface area (Å²) in [6, 6.07) is 11.9. The Labute approximate surface area is 157 Å². The van der Waals surface area contributed by atoms with Crippen molar-refractivity contribution in [3.63, 3.8) is 0 Å². The van der Waals surface area contributed by atoms with E-state index in [2.05, 4.69) is 10.5 Å². The standard InChI is InChI=1S/C18H20FN3O4S/c1-13(14-4-10-17(26-2)11-5-14)20-21-18(23)12-22(27(3,24)25)16-8-6-15(19)7-9-16/h4-11H,12H2,1-3H3,(H,21,23)/b20-13-. The van der Waals surface area contributed by atoms with Crippen molar-refractivity contribution in [3.8, 4) is 5.75 Å². The summed E-state index contributed by atoms with van der Waals surface area (Å²) >= 11 is 0. The van der Waals surface area contributed by atoms with Crippen molar-refractivity contribution in [2.24, 2.45) is 5.10 Å². The second kappa shape index (κ2) is 8.63. The first kappa shape index (κ1) is 20.4. The summed E-state index contributed by atoms with van der Waals surface area (Å²) in [4.78, 5) is 12.2. The van der Waals surface area contributed by atoms with Gasteiger partial charge in [0.25, 0.3) is 5.91 Å². The minimum Gasteiger partial charge on any atom is -0.497 e. The predicted octanol–water partition coefficient (Wildman–Crippen LogP) is 2.14. The minimum absolute atomic E-state index is 0.185. The Morgan fingerprint density at radius 2 is 1.74 bits per heavy atom. The normalized spacial score (nSPS) is 11.8. The van der Waals surface area contributed by atoms with Crippen LogP contribution in [-0.4, -0.2) is 39.9 Å². The summed E-state index contributed by atoms with van der Waals surface area (Å²) in [6.07, 6.45) is 0.968. The van der Waals surface area contributed by atoms with E-state index in [4.69, 9.17) is 4.74 Å². The fourth-order valence-electron chi connectivity index (χ4n) is 2.22. The van der Waals surface area contributed by atoms with Gasteiger partial charge in [-0.15, -0.1) is 0 Å². The number of sulfonamides is 1. The van der Waals surface area contributed by atoms with Crippen LogP contribution in [0.2, 0.25) is 0 Å². The third kappa shape index (κ3) is 5.78. The van der Waals surface area contributed by atoms with Gasteiger partial charge >= 0.3 is 0 Å². The maximum absolute atomic E-state index is 13.1. The van der Waals surface area contributed by atoms with E-state index in [-0.39, 0.29) is 5.69 Å². The molecule has 0 unspecified atom stereocenters. The van der Waals surface area contributed by atoms with Crippen LogP contribution < -0.4 is 14.5 Å². The molecule has 0 bridgehead atoms. The number of halogens is 1. The highest BCUT2D eigenvalue weighted by molar-refractivity contribution is 7.92. The number of methoxy groups -OCH3 is 1. The highest BCUT2D eigenvalue weighted by atomic mass is 32.2. The minimum atomic E-state index is -3.74. The largest absolute Gasteiger partial charge is 0.497 e. The average Bonchev–Trinajstić information content (AvgIpc) is 2.64. The Balaban J connectivity index is 2.09. The van der Waals surface area contributed by atoms with Crippen LogP contribution in [0.4, 0.5) is 10.1 Å². The number of carbonyl (C=O) groups is 1. The Morgan fingerprint density at radius 3 is 2.26 bits per heavy atom. The second-order valence-electron chi connectivity index (χ2n) is 5.71. The number of nitrogens with one attached hydrogen (secondary N) is 1. The Bertz CT molecular complexity index is 926. The second-order valence-corrected chi connectivity index (χ2v) is 7.61. The van der Waals surface area contributed by atoms with Gasteiger partial charge in [-0.1, -0.05) is 0 Å². The van der Waals surface area contributed by atoms with Gasteiger partial charge in [-0.2, -0.15) is 5.10 Å². The predicted molar refractivity (Wildman–Crippen MR) is 102 cm³/mol. The lowest BCUT2D eigenvalue weighted by Crippen LogP contribution is -2.39. The smallest absolute Gasteiger partial charge is 0.260 e. The number of nitrogens with zero attached hydrogens (tertiary/aromatic N) is 2. The van der Waals surface area contributed by atoms with Crippen LogP contribution in [0.1, 0.15) is 12.5 Å². The maximum Gasteiger partial charge on any atom is 0.260 e. The van der Waals surface area contributed by atoms with Crippen LogP contribution in [0.3, 0.4) is 0 Å². The molecular weight excluding hydrogens is 373 g/mol. The number of anilines is 1. The number of hydrogen-bond acceptors (Lipinski definition) is 5. The molecule has 0 aliphatic carbocycles. The van der Waals surface area contributed by atoms with Gasteiger partial charge < -0.3 is 4.74 Å². The van der Waals surface area contributed by atoms with Crippen molar-refractivity contribution in [3.05, 3.63) is 59.9 Å². The first-order valence-corrected chi connectivity index (χ1v) is 9.76. The zero-order chi connectivity index (χ0) is 20.0. The molecule has 2 aromatic rings. The van der Waals surface area contributed by atoms with Crippen LogP contribution in [0.5, 0.6) is 5.75 Å². The van der Waals surface area contributed by atoms with Crippen molar-refractivity contribution < 1.29 is 22.3 Å². The fraction of sp³-hybridized carbons (Fsp3) is 0.222. The summed E-state index contributed by atoms with van der Waals surface area (Å²) in [5, 5.41) is 3.99. The van der Waals surface area contributed by atoms with Gasteiger partial charge in [0.05, 0.1) is 24.8 Å². The molecule has 0 aliphatic heterocycles. The maximum atomic E-state index is 13.1. The van der Waals surface area contributed by atoms with Gasteiger partial charge in [-0.3, -0.25) is 9.10 Å². The van der Waals surface area contributed by atoms with Crippen molar-refractivity contribution in [1.29, 1.82) is 0 Å². The average molecular weight is 393 g/mol. The van der Waals surface area contributed by atoms with Crippen LogP contribution in [0.25, 0.3) is 0 Å². The molecule has 2 aromatic carbocycles. The van der Waals surface area contributed by atoms with Gasteiger partial charge in [-0.25, -0.2) is 18.2 Å². The third-order valence-electron chi connectivity index (χ3n) is 3.66. The Kier molecular flexibility index (Phi) is 6.51. The molecule has 0 aromatic heterocycles. The van der Waals surface area contributed by atoms with Gasteiger partial charge in [0.1, 0.15) is 18.1 Å². The van der Waals surface area contributed by atoms with E-state index in [9.17, 15) is 17.6 Å². The highest BCUT2D eigenvalue weighted by Crippen LogP contribution is 2.17. The quantitative estimate of drug-likeness (QED) is 0.577. The SMILES string of the molecule is COc1ccc(/C(C)=N\NC(=O)CN(c2ccc(F)cc2)S(C)(=O)=O)cc1. The van der Waals surface area contributed by atoms with Gasteiger partial charge in [-0.05, 0) is 61.0 Å². The van der Waals surface area contributed by atoms with E-state index in [1.54, 1.807) is 38.3 Å². The first-order chi connectivity index (χ1) is 12.7. The number of rotatable bonds is 7. The zero-order valence-corrected chi connectivity index (χ0v) is 16.0. The lowest BCUT2D eigenvalue weighted by molar-refractivity contribution is -0.119. The molecule has 0 radical (unpaired) electrons. The molecule has 1 N–H and O–H groups in total. The van der Waals surface area contributed by atoms with Crippen molar-refractivity contribution >= 4 is 27.3 Å². The van der Waals surface area contributed by atoms with Crippen molar-refractivity contribution in [2.45, 2.75) is 6.92 Å². The number of hydrazone groups is 1.